The molecule has 2 amide bonds. The number of nitrogens with one attached hydrogen (secondary N) is 2. The number of piperidine rings is 1. The summed E-state index contributed by atoms with van der Waals surface area (Å²) in [5, 5.41) is 5.67. The van der Waals surface area contributed by atoms with Gasteiger partial charge in [0.2, 0.25) is 21.8 Å². The molecule has 33 heavy (non-hydrogen) atoms. The van der Waals surface area contributed by atoms with E-state index in [0.29, 0.717) is 19.4 Å². The van der Waals surface area contributed by atoms with Crippen LogP contribution in [-0.2, 0) is 26.2 Å². The van der Waals surface area contributed by atoms with Crippen LogP contribution in [0, 0.1) is 17.7 Å². The van der Waals surface area contributed by atoms with Gasteiger partial charge in [0, 0.05) is 37.9 Å². The van der Waals surface area contributed by atoms with Gasteiger partial charge in [0.05, 0.1) is 4.90 Å². The Morgan fingerprint density at radius 3 is 2.39 bits per heavy atom. The lowest BCUT2D eigenvalue weighted by Crippen LogP contribution is -2.52. The zero-order chi connectivity index (χ0) is 24.0. The monoisotopic (exact) mass is 476 g/mol. The summed E-state index contributed by atoms with van der Waals surface area (Å²) < 4.78 is 40.0. The highest BCUT2D eigenvalue weighted by Crippen LogP contribution is 2.24. The zero-order valence-electron chi connectivity index (χ0n) is 18.7. The van der Waals surface area contributed by atoms with E-state index in [0.717, 1.165) is 17.7 Å². The van der Waals surface area contributed by atoms with Crippen LogP contribution in [0.15, 0.2) is 53.7 Å². The molecule has 10 heteroatoms. The van der Waals surface area contributed by atoms with E-state index >= 15 is 0 Å². The second kappa shape index (κ2) is 10.8. The van der Waals surface area contributed by atoms with Gasteiger partial charge in [-0.25, -0.2) is 12.8 Å². The fraction of sp³-hybridized carbons (Fsp3) is 0.435. The number of carbonyl (C=O) groups is 2. The maximum Gasteiger partial charge on any atom is 0.243 e. The minimum Gasteiger partial charge on any atom is -0.350 e. The summed E-state index contributed by atoms with van der Waals surface area (Å²) in [6, 6.07) is 7.63. The first-order valence-corrected chi connectivity index (χ1v) is 12.3. The van der Waals surface area contributed by atoms with Crippen molar-refractivity contribution in [2.75, 3.05) is 13.1 Å². The van der Waals surface area contributed by atoms with Gasteiger partial charge in [-0.15, -0.1) is 0 Å². The van der Waals surface area contributed by atoms with E-state index < -0.39 is 27.8 Å². The van der Waals surface area contributed by atoms with Crippen molar-refractivity contribution in [3.8, 4) is 0 Å². The number of halogens is 1. The molecule has 1 fully saturated rings. The molecule has 0 bridgehead atoms. The Hall–Kier alpha value is -2.85. The van der Waals surface area contributed by atoms with Crippen LogP contribution in [0.25, 0.3) is 0 Å². The minimum absolute atomic E-state index is 0.0250. The number of sulfonamides is 1. The van der Waals surface area contributed by atoms with Crippen LogP contribution in [0.4, 0.5) is 4.39 Å². The van der Waals surface area contributed by atoms with E-state index in [1.807, 2.05) is 19.9 Å². The molecule has 0 saturated carbocycles. The first-order valence-electron chi connectivity index (χ1n) is 10.9. The molecule has 2 heterocycles. The maximum absolute atomic E-state index is 13.1. The summed E-state index contributed by atoms with van der Waals surface area (Å²) in [7, 11) is -3.75. The molecule has 0 unspecified atom stereocenters. The van der Waals surface area contributed by atoms with Gasteiger partial charge >= 0.3 is 0 Å². The van der Waals surface area contributed by atoms with Gasteiger partial charge in [-0.2, -0.15) is 4.31 Å². The first-order chi connectivity index (χ1) is 15.7. The molecule has 1 atom stereocenters. The van der Waals surface area contributed by atoms with Crippen molar-refractivity contribution < 1.29 is 22.4 Å². The maximum atomic E-state index is 13.1. The molecule has 1 aliphatic rings. The van der Waals surface area contributed by atoms with Crippen molar-refractivity contribution in [2.45, 2.75) is 44.2 Å². The summed E-state index contributed by atoms with van der Waals surface area (Å²) in [6.45, 7) is 4.37. The third-order valence-electron chi connectivity index (χ3n) is 5.71. The highest BCUT2D eigenvalue weighted by Gasteiger charge is 2.34. The van der Waals surface area contributed by atoms with Crippen LogP contribution in [0.2, 0.25) is 0 Å². The van der Waals surface area contributed by atoms with Gasteiger partial charge in [0.1, 0.15) is 11.9 Å². The quantitative estimate of drug-likeness (QED) is 0.607. The molecule has 1 aliphatic heterocycles. The van der Waals surface area contributed by atoms with Crippen LogP contribution < -0.4 is 10.6 Å². The summed E-state index contributed by atoms with van der Waals surface area (Å²) in [5.41, 5.74) is 0.856. The molecule has 2 aromatic rings. The Balaban J connectivity index is 1.55. The van der Waals surface area contributed by atoms with Crippen molar-refractivity contribution >= 4 is 21.8 Å². The lowest BCUT2D eigenvalue weighted by molar-refractivity contribution is -0.132. The van der Waals surface area contributed by atoms with Gasteiger partial charge < -0.3 is 10.6 Å². The highest BCUT2D eigenvalue weighted by molar-refractivity contribution is 7.89. The Morgan fingerprint density at radius 2 is 1.82 bits per heavy atom. The molecular weight excluding hydrogens is 447 g/mol. The third-order valence-corrected chi connectivity index (χ3v) is 7.63. The lowest BCUT2D eigenvalue weighted by atomic mass is 9.95. The topological polar surface area (TPSA) is 108 Å². The Morgan fingerprint density at radius 1 is 1.15 bits per heavy atom. The van der Waals surface area contributed by atoms with E-state index in [4.69, 9.17) is 0 Å². The number of pyridine rings is 1. The predicted molar refractivity (Wildman–Crippen MR) is 121 cm³/mol. The SMILES string of the molecule is CC(C)[C@H](NC(=O)C1CCN(S(=O)(=O)c2ccc(F)cc2)CC1)C(=O)NCc1cccnc1. The molecule has 0 aliphatic carbocycles. The average molecular weight is 477 g/mol. The van der Waals surface area contributed by atoms with E-state index in [9.17, 15) is 22.4 Å². The Kier molecular flexibility index (Phi) is 8.15. The van der Waals surface area contributed by atoms with Gasteiger partial charge in [-0.05, 0) is 54.7 Å². The van der Waals surface area contributed by atoms with Crippen LogP contribution in [0.1, 0.15) is 32.3 Å². The van der Waals surface area contributed by atoms with E-state index in [2.05, 4.69) is 15.6 Å². The fourth-order valence-electron chi connectivity index (χ4n) is 3.72. The zero-order valence-corrected chi connectivity index (χ0v) is 19.5. The van der Waals surface area contributed by atoms with Crippen LogP contribution in [0.3, 0.4) is 0 Å². The first kappa shape index (κ1) is 24.8. The number of benzene rings is 1. The van der Waals surface area contributed by atoms with Gasteiger partial charge in [0.25, 0.3) is 0 Å². The van der Waals surface area contributed by atoms with Crippen LogP contribution in [-0.4, -0.2) is 48.7 Å². The summed E-state index contributed by atoms with van der Waals surface area (Å²) in [6.07, 6.45) is 4.00. The minimum atomic E-state index is -3.75. The number of nitrogens with zero attached hydrogens (tertiary/aromatic N) is 2. The largest absolute Gasteiger partial charge is 0.350 e. The Bertz CT molecular complexity index is 1050. The molecule has 2 N–H and O–H groups in total. The molecule has 178 valence electrons. The van der Waals surface area contributed by atoms with E-state index in [1.165, 1.54) is 16.4 Å². The number of hydrogen-bond acceptors (Lipinski definition) is 5. The molecule has 1 aromatic heterocycles. The van der Waals surface area contributed by atoms with Crippen molar-refractivity contribution in [3.05, 3.63) is 60.2 Å². The van der Waals surface area contributed by atoms with Gasteiger partial charge in [0.15, 0.2) is 0 Å². The standard InChI is InChI=1S/C23H29FN4O4S/c1-16(2)21(23(30)26-15-17-4-3-11-25-14-17)27-22(29)18-9-12-28(13-10-18)33(31,32)20-7-5-19(24)6-8-20/h3-8,11,14,16,18,21H,9-10,12-13,15H2,1-2H3,(H,26,30)(H,27,29)/t21-/m0/s1. The smallest absolute Gasteiger partial charge is 0.243 e. The molecule has 8 nitrogen and oxygen atoms in total. The van der Waals surface area contributed by atoms with E-state index in [-0.39, 0.29) is 35.7 Å². The summed E-state index contributed by atoms with van der Waals surface area (Å²) in [4.78, 5) is 29.6. The van der Waals surface area contributed by atoms with Crippen molar-refractivity contribution in [3.63, 3.8) is 0 Å². The number of carbonyl (C=O) groups excluding carboxylic acids is 2. The lowest BCUT2D eigenvalue weighted by Gasteiger charge is -2.32. The number of hydrogen-bond donors (Lipinski definition) is 2. The molecule has 3 rings (SSSR count). The molecule has 1 saturated heterocycles. The summed E-state index contributed by atoms with van der Waals surface area (Å²) in [5.74, 6) is -1.56. The summed E-state index contributed by atoms with van der Waals surface area (Å²) >= 11 is 0. The van der Waals surface area contributed by atoms with Crippen molar-refractivity contribution in [1.29, 1.82) is 0 Å². The molecule has 0 radical (unpaired) electrons. The van der Waals surface area contributed by atoms with Crippen LogP contribution >= 0.6 is 0 Å². The predicted octanol–water partition coefficient (Wildman–Crippen LogP) is 2.08. The molecular formula is C23H29FN4O4S. The third kappa shape index (κ3) is 6.35. The number of aromatic nitrogens is 1. The average Bonchev–Trinajstić information content (AvgIpc) is 2.81. The number of rotatable bonds is 8. The normalized spacial score (nSPS) is 16.4. The number of amides is 2. The Labute approximate surface area is 193 Å². The highest BCUT2D eigenvalue weighted by atomic mass is 32.2. The second-order valence-electron chi connectivity index (χ2n) is 8.44. The van der Waals surface area contributed by atoms with E-state index in [1.54, 1.807) is 18.5 Å². The van der Waals surface area contributed by atoms with Crippen LogP contribution in [0.5, 0.6) is 0 Å². The van der Waals surface area contributed by atoms with Gasteiger partial charge in [-0.1, -0.05) is 19.9 Å². The van der Waals surface area contributed by atoms with Crippen molar-refractivity contribution in [1.82, 2.24) is 19.9 Å². The molecule has 0 spiro atoms. The fourth-order valence-corrected chi connectivity index (χ4v) is 5.19. The molecule has 1 aromatic carbocycles. The second-order valence-corrected chi connectivity index (χ2v) is 10.4. The van der Waals surface area contributed by atoms with Gasteiger partial charge in [-0.3, -0.25) is 14.6 Å². The van der Waals surface area contributed by atoms with Crippen molar-refractivity contribution in [2.24, 2.45) is 11.8 Å².